The van der Waals surface area contributed by atoms with Gasteiger partial charge in [-0.1, -0.05) is 57.0 Å². The number of benzene rings is 2. The summed E-state index contributed by atoms with van der Waals surface area (Å²) in [6.45, 7) is 4.66. The van der Waals surface area contributed by atoms with Crippen molar-refractivity contribution in [2.75, 3.05) is 14.1 Å². The van der Waals surface area contributed by atoms with E-state index in [-0.39, 0.29) is 29.7 Å². The first-order chi connectivity index (χ1) is 19.6. The molecule has 1 saturated carbocycles. The highest BCUT2D eigenvalue weighted by molar-refractivity contribution is 5.99. The van der Waals surface area contributed by atoms with Gasteiger partial charge >= 0.3 is 5.76 Å². The molecule has 218 valence electrons. The summed E-state index contributed by atoms with van der Waals surface area (Å²) in [6.07, 6.45) is 3.35. The number of aromatic nitrogens is 2. The molecule has 10 heteroatoms. The number of hydrogen-bond donors (Lipinski definition) is 2. The fraction of sp³-hybridized carbons (Fsp3) is 0.452. The van der Waals surface area contributed by atoms with Gasteiger partial charge < -0.3 is 20.0 Å². The average Bonchev–Trinajstić information content (AvgIpc) is 3.34. The molecule has 2 aromatic carbocycles. The van der Waals surface area contributed by atoms with E-state index in [9.17, 15) is 19.2 Å². The Labute approximate surface area is 240 Å². The molecule has 0 aliphatic heterocycles. The third-order valence-electron chi connectivity index (χ3n) is 7.23. The fourth-order valence-corrected chi connectivity index (χ4v) is 5.24. The summed E-state index contributed by atoms with van der Waals surface area (Å²) in [5.41, 5.74) is 2.11. The molecule has 4 rings (SSSR count). The van der Waals surface area contributed by atoms with Crippen LogP contribution in [0.25, 0.3) is 5.69 Å². The zero-order valence-electron chi connectivity index (χ0n) is 24.1. The molecule has 0 spiro atoms. The Morgan fingerprint density at radius 2 is 1.71 bits per heavy atom. The number of rotatable bonds is 11. The molecule has 41 heavy (non-hydrogen) atoms. The summed E-state index contributed by atoms with van der Waals surface area (Å²) >= 11 is 0. The summed E-state index contributed by atoms with van der Waals surface area (Å²) in [5.74, 6) is -2.64. The van der Waals surface area contributed by atoms with E-state index in [4.69, 9.17) is 4.42 Å². The van der Waals surface area contributed by atoms with Crippen molar-refractivity contribution in [3.8, 4) is 5.69 Å². The summed E-state index contributed by atoms with van der Waals surface area (Å²) in [4.78, 5) is 54.6. The number of nitrogens with one attached hydrogen (secondary N) is 2. The summed E-state index contributed by atoms with van der Waals surface area (Å²) in [6, 6.07) is 14.8. The van der Waals surface area contributed by atoms with E-state index in [1.165, 1.54) is 0 Å². The van der Waals surface area contributed by atoms with Crippen LogP contribution < -0.4 is 16.4 Å². The van der Waals surface area contributed by atoms with E-state index in [2.05, 4.69) is 20.6 Å². The lowest BCUT2D eigenvalue weighted by atomic mass is 9.83. The Morgan fingerprint density at radius 1 is 1.02 bits per heavy atom. The van der Waals surface area contributed by atoms with Crippen LogP contribution in [-0.2, 0) is 11.3 Å². The van der Waals surface area contributed by atoms with Gasteiger partial charge in [0.15, 0.2) is 0 Å². The number of para-hydroxylation sites is 1. The zero-order chi connectivity index (χ0) is 29.5. The first-order valence-corrected chi connectivity index (χ1v) is 14.2. The van der Waals surface area contributed by atoms with Crippen LogP contribution in [0.3, 0.4) is 0 Å². The molecule has 1 aliphatic carbocycles. The molecule has 1 aromatic heterocycles. The van der Waals surface area contributed by atoms with Gasteiger partial charge in [0.25, 0.3) is 11.8 Å². The lowest BCUT2D eigenvalue weighted by Crippen LogP contribution is -2.52. The highest BCUT2D eigenvalue weighted by Gasteiger charge is 2.36. The third kappa shape index (κ3) is 7.79. The molecule has 2 N–H and O–H groups in total. The largest absolute Gasteiger partial charge is 0.442 e. The average molecular weight is 562 g/mol. The van der Waals surface area contributed by atoms with Crippen LogP contribution in [0.15, 0.2) is 63.8 Å². The predicted molar refractivity (Wildman–Crippen MR) is 155 cm³/mol. The van der Waals surface area contributed by atoms with E-state index >= 15 is 0 Å². The van der Waals surface area contributed by atoms with Crippen molar-refractivity contribution in [3.63, 3.8) is 0 Å². The summed E-state index contributed by atoms with van der Waals surface area (Å²) < 4.78 is 6.24. The lowest BCUT2D eigenvalue weighted by Gasteiger charge is -2.32. The number of nitrogens with zero attached hydrogens (tertiary/aromatic N) is 3. The van der Waals surface area contributed by atoms with Gasteiger partial charge in [-0.2, -0.15) is 4.68 Å². The molecule has 0 radical (unpaired) electrons. The molecular formula is C31H39N5O5. The van der Waals surface area contributed by atoms with Gasteiger partial charge in [0.2, 0.25) is 11.7 Å². The minimum atomic E-state index is -0.924. The van der Waals surface area contributed by atoms with Crippen molar-refractivity contribution in [1.82, 2.24) is 25.3 Å². The highest BCUT2D eigenvalue weighted by atomic mass is 16.4. The van der Waals surface area contributed by atoms with Crippen molar-refractivity contribution in [3.05, 3.63) is 82.2 Å². The van der Waals surface area contributed by atoms with Crippen molar-refractivity contribution < 1.29 is 18.8 Å². The molecule has 0 saturated heterocycles. The van der Waals surface area contributed by atoms with Gasteiger partial charge in [-0.05, 0) is 69.1 Å². The molecule has 1 aliphatic rings. The Bertz CT molecular complexity index is 1390. The lowest BCUT2D eigenvalue weighted by molar-refractivity contribution is -0.127. The molecule has 3 aromatic rings. The predicted octanol–water partition coefficient (Wildman–Crippen LogP) is 3.59. The maximum absolute atomic E-state index is 13.6. The van der Waals surface area contributed by atoms with Crippen molar-refractivity contribution >= 4 is 17.6 Å². The summed E-state index contributed by atoms with van der Waals surface area (Å²) in [5, 5.41) is 10.1. The second-order valence-corrected chi connectivity index (χ2v) is 11.4. The number of ketones is 1. The monoisotopic (exact) mass is 561 g/mol. The minimum absolute atomic E-state index is 0.0736. The van der Waals surface area contributed by atoms with E-state index < -0.39 is 23.5 Å². The number of carbonyl (C=O) groups excluding carboxylic acids is 3. The second-order valence-electron chi connectivity index (χ2n) is 11.4. The number of amides is 2. The Kier molecular flexibility index (Phi) is 9.88. The van der Waals surface area contributed by atoms with Gasteiger partial charge in [0.1, 0.15) is 0 Å². The molecule has 2 amide bonds. The first kappa shape index (κ1) is 29.9. The van der Waals surface area contributed by atoms with Crippen LogP contribution in [0.5, 0.6) is 0 Å². The molecular weight excluding hydrogens is 522 g/mol. The van der Waals surface area contributed by atoms with Crippen LogP contribution >= 0.6 is 0 Å². The fourth-order valence-electron chi connectivity index (χ4n) is 5.24. The normalized spacial score (nSPS) is 17.8. The Hall–Kier alpha value is -4.05. The summed E-state index contributed by atoms with van der Waals surface area (Å²) in [7, 11) is 3.97. The van der Waals surface area contributed by atoms with Crippen LogP contribution in [0.2, 0.25) is 0 Å². The van der Waals surface area contributed by atoms with Gasteiger partial charge in [-0.25, -0.2) is 4.79 Å². The molecule has 3 atom stereocenters. The highest BCUT2D eigenvalue weighted by Crippen LogP contribution is 2.26. The smallest absolute Gasteiger partial charge is 0.384 e. The standard InChI is InChI=1S/C31H39N5O5/c1-20(2)18-26(27(37)30-34-36(31(40)41-30)23-10-6-5-7-11-23)33-29(39)24-12-8-9-13-25(24)32-28(38)22-16-14-21(15-17-22)19-35(3)4/h5-7,10-11,14-17,20,24-26H,8-9,12-13,18-19H2,1-4H3,(H,32,38)(H,33,39)/t24-,25+,26+/m1/s1. The van der Waals surface area contributed by atoms with E-state index in [1.807, 2.05) is 40.1 Å². The number of Topliss-reactive ketones (excluding diaryl/α,β-unsaturated/α-hetero) is 1. The Morgan fingerprint density at radius 3 is 2.37 bits per heavy atom. The number of carbonyl (C=O) groups is 3. The van der Waals surface area contributed by atoms with Crippen LogP contribution in [0.1, 0.15) is 72.6 Å². The SMILES string of the molecule is CC(C)C[C@H](NC(=O)[C@@H]1CCCC[C@@H]1NC(=O)c1ccc(CN(C)C)cc1)C(=O)c1nn(-c2ccccc2)c(=O)o1. The second kappa shape index (κ2) is 13.5. The quantitative estimate of drug-likeness (QED) is 0.343. The topological polar surface area (TPSA) is 127 Å². The molecule has 10 nitrogen and oxygen atoms in total. The van der Waals surface area contributed by atoms with Crippen molar-refractivity contribution in [1.29, 1.82) is 0 Å². The third-order valence-corrected chi connectivity index (χ3v) is 7.23. The maximum atomic E-state index is 13.6. The Balaban J connectivity index is 1.47. The van der Waals surface area contributed by atoms with Crippen LogP contribution in [0, 0.1) is 11.8 Å². The molecule has 0 unspecified atom stereocenters. The van der Waals surface area contributed by atoms with E-state index in [0.717, 1.165) is 29.6 Å². The van der Waals surface area contributed by atoms with Gasteiger partial charge in [-0.15, -0.1) is 5.10 Å². The van der Waals surface area contributed by atoms with Crippen molar-refractivity contribution in [2.45, 2.75) is 64.6 Å². The van der Waals surface area contributed by atoms with E-state index in [1.54, 1.807) is 42.5 Å². The number of hydrogen-bond acceptors (Lipinski definition) is 7. The van der Waals surface area contributed by atoms with Crippen LogP contribution in [-0.4, -0.2) is 58.5 Å². The molecule has 1 heterocycles. The van der Waals surface area contributed by atoms with Crippen LogP contribution in [0.4, 0.5) is 0 Å². The first-order valence-electron chi connectivity index (χ1n) is 14.2. The maximum Gasteiger partial charge on any atom is 0.442 e. The minimum Gasteiger partial charge on any atom is -0.384 e. The zero-order valence-corrected chi connectivity index (χ0v) is 24.1. The van der Waals surface area contributed by atoms with E-state index in [0.29, 0.717) is 30.5 Å². The molecule has 0 bridgehead atoms. The van der Waals surface area contributed by atoms with Gasteiger partial charge in [0, 0.05) is 18.2 Å². The van der Waals surface area contributed by atoms with Gasteiger partial charge in [-0.3, -0.25) is 14.4 Å². The van der Waals surface area contributed by atoms with Gasteiger partial charge in [0.05, 0.1) is 17.6 Å². The van der Waals surface area contributed by atoms with Crippen molar-refractivity contribution in [2.24, 2.45) is 11.8 Å². The molecule has 1 fully saturated rings.